The van der Waals surface area contributed by atoms with Gasteiger partial charge in [-0.15, -0.1) is 5.10 Å². The van der Waals surface area contributed by atoms with E-state index >= 15 is 0 Å². The molecule has 0 radical (unpaired) electrons. The molecule has 0 saturated heterocycles. The van der Waals surface area contributed by atoms with Crippen LogP contribution in [0.2, 0.25) is 0 Å². The van der Waals surface area contributed by atoms with Gasteiger partial charge in [0.2, 0.25) is 11.8 Å². The second kappa shape index (κ2) is 4.40. The molecule has 2 rings (SSSR count). The molecule has 1 atom stereocenters. The highest BCUT2D eigenvalue weighted by Gasteiger charge is 2.34. The fraction of sp³-hybridized carbons (Fsp3) is 0.556. The molecule has 5 N–H and O–H groups in total. The number of nitrogens with two attached hydrogens (primary N) is 1. The van der Waals surface area contributed by atoms with Gasteiger partial charge in [-0.1, -0.05) is 0 Å². The topological polar surface area (TPSA) is 134 Å². The summed E-state index contributed by atoms with van der Waals surface area (Å²) in [4.78, 5) is 26.0. The van der Waals surface area contributed by atoms with E-state index in [0.29, 0.717) is 0 Å². The number of nitrogen functional groups attached to an aromatic ring is 1. The van der Waals surface area contributed by atoms with Crippen LogP contribution in [0.25, 0.3) is 0 Å². The number of aliphatic carboxylic acids is 1. The van der Waals surface area contributed by atoms with Crippen LogP contribution in [0.15, 0.2) is 0 Å². The minimum atomic E-state index is -0.931. The van der Waals surface area contributed by atoms with Crippen LogP contribution in [0.4, 0.5) is 5.95 Å². The summed E-state index contributed by atoms with van der Waals surface area (Å²) in [7, 11) is 0. The maximum Gasteiger partial charge on any atom is 0.305 e. The van der Waals surface area contributed by atoms with E-state index in [9.17, 15) is 9.59 Å². The van der Waals surface area contributed by atoms with E-state index < -0.39 is 11.9 Å². The first-order chi connectivity index (χ1) is 8.06. The molecule has 1 saturated carbocycles. The first-order valence-electron chi connectivity index (χ1n) is 5.27. The summed E-state index contributed by atoms with van der Waals surface area (Å²) in [5.41, 5.74) is 5.27. The Morgan fingerprint density at radius 2 is 2.29 bits per heavy atom. The lowest BCUT2D eigenvalue weighted by atomic mass is 10.1. The van der Waals surface area contributed by atoms with Crippen molar-refractivity contribution in [1.82, 2.24) is 20.5 Å². The second-order valence-corrected chi connectivity index (χ2v) is 4.06. The first kappa shape index (κ1) is 11.4. The van der Waals surface area contributed by atoms with E-state index in [1.165, 1.54) is 0 Å². The smallest absolute Gasteiger partial charge is 0.305 e. The predicted molar refractivity (Wildman–Crippen MR) is 57.0 cm³/mol. The normalized spacial score (nSPS) is 16.5. The van der Waals surface area contributed by atoms with Crippen LogP contribution in [0.3, 0.4) is 0 Å². The minimum absolute atomic E-state index is 0.00135. The van der Waals surface area contributed by atoms with Gasteiger partial charge in [0, 0.05) is 6.04 Å². The number of nitrogens with zero attached hydrogens (tertiary/aromatic N) is 2. The van der Waals surface area contributed by atoms with Crippen molar-refractivity contribution >= 4 is 17.8 Å². The summed E-state index contributed by atoms with van der Waals surface area (Å²) in [6, 6.07) is -0.355. The van der Waals surface area contributed by atoms with Crippen LogP contribution in [0.5, 0.6) is 0 Å². The van der Waals surface area contributed by atoms with Crippen molar-refractivity contribution in [2.75, 3.05) is 5.73 Å². The number of anilines is 1. The van der Waals surface area contributed by atoms with E-state index in [1.54, 1.807) is 0 Å². The third-order valence-corrected chi connectivity index (χ3v) is 2.62. The number of rotatable bonds is 5. The summed E-state index contributed by atoms with van der Waals surface area (Å²) >= 11 is 0. The number of hydrogen-bond donors (Lipinski definition) is 4. The highest BCUT2D eigenvalue weighted by Crippen LogP contribution is 2.34. The lowest BCUT2D eigenvalue weighted by Crippen LogP contribution is -2.38. The molecule has 0 bridgehead atoms. The van der Waals surface area contributed by atoms with Gasteiger partial charge in [-0.25, -0.2) is 0 Å². The van der Waals surface area contributed by atoms with Crippen LogP contribution in [-0.4, -0.2) is 38.2 Å². The number of nitrogens with one attached hydrogen (secondary N) is 2. The Morgan fingerprint density at radius 1 is 1.59 bits per heavy atom. The third kappa shape index (κ3) is 2.92. The maximum absolute atomic E-state index is 11.7. The summed E-state index contributed by atoms with van der Waals surface area (Å²) in [6.45, 7) is 0. The zero-order chi connectivity index (χ0) is 12.4. The number of hydrogen-bond acceptors (Lipinski definition) is 5. The van der Waals surface area contributed by atoms with Crippen LogP contribution < -0.4 is 11.1 Å². The Labute approximate surface area is 96.6 Å². The third-order valence-electron chi connectivity index (χ3n) is 2.62. The van der Waals surface area contributed by atoms with Gasteiger partial charge in [0.1, 0.15) is 0 Å². The van der Waals surface area contributed by atoms with Crippen LogP contribution in [0.1, 0.15) is 29.9 Å². The number of carbonyl (C=O) groups is 2. The molecule has 1 fully saturated rings. The van der Waals surface area contributed by atoms with Gasteiger partial charge in [-0.2, -0.15) is 4.98 Å². The van der Waals surface area contributed by atoms with Crippen LogP contribution in [0, 0.1) is 5.92 Å². The lowest BCUT2D eigenvalue weighted by molar-refractivity contribution is -0.137. The van der Waals surface area contributed by atoms with Gasteiger partial charge in [0.25, 0.3) is 5.91 Å². The van der Waals surface area contributed by atoms with Gasteiger partial charge >= 0.3 is 5.97 Å². The number of amides is 1. The summed E-state index contributed by atoms with van der Waals surface area (Å²) in [6.07, 6.45) is 1.80. The zero-order valence-corrected chi connectivity index (χ0v) is 9.01. The Bertz CT molecular complexity index is 440. The van der Waals surface area contributed by atoms with Crippen molar-refractivity contribution in [1.29, 1.82) is 0 Å². The zero-order valence-electron chi connectivity index (χ0n) is 9.01. The largest absolute Gasteiger partial charge is 0.481 e. The van der Waals surface area contributed by atoms with Crippen molar-refractivity contribution < 1.29 is 14.7 Å². The van der Waals surface area contributed by atoms with E-state index in [1.807, 2.05) is 0 Å². The molecule has 0 spiro atoms. The minimum Gasteiger partial charge on any atom is -0.481 e. The predicted octanol–water partition coefficient (Wildman–Crippen LogP) is -0.630. The molecule has 1 unspecified atom stereocenters. The number of carbonyl (C=O) groups excluding carboxylic acids is 1. The van der Waals surface area contributed by atoms with Crippen molar-refractivity contribution in [3.05, 3.63) is 5.82 Å². The van der Waals surface area contributed by atoms with Crippen molar-refractivity contribution in [2.45, 2.75) is 25.3 Å². The molecule has 1 amide bonds. The number of carboxylic acids is 1. The Balaban J connectivity index is 1.97. The molecule has 8 nitrogen and oxygen atoms in total. The van der Waals surface area contributed by atoms with Crippen LogP contribution in [-0.2, 0) is 4.79 Å². The summed E-state index contributed by atoms with van der Waals surface area (Å²) in [5.74, 6) is -1.18. The number of carboxylic acid groups (broad SMARTS) is 1. The quantitative estimate of drug-likeness (QED) is 0.540. The standard InChI is InChI=1S/C9H13N5O3/c10-9-12-7(13-14-9)8(17)11-5(3-6(15)16)4-1-2-4/h4-5H,1-3H2,(H,11,17)(H,15,16)(H3,10,12,13,14). The van der Waals surface area contributed by atoms with E-state index in [-0.39, 0.29) is 30.2 Å². The van der Waals surface area contributed by atoms with Crippen LogP contribution >= 0.6 is 0 Å². The van der Waals surface area contributed by atoms with Gasteiger partial charge in [0.05, 0.1) is 6.42 Å². The molecule has 1 aromatic rings. The first-order valence-corrected chi connectivity index (χ1v) is 5.27. The number of aromatic amines is 1. The molecular weight excluding hydrogens is 226 g/mol. The van der Waals surface area contributed by atoms with Gasteiger partial charge in [0.15, 0.2) is 0 Å². The lowest BCUT2D eigenvalue weighted by Gasteiger charge is -2.14. The fourth-order valence-corrected chi connectivity index (χ4v) is 1.64. The average Bonchev–Trinajstić information content (AvgIpc) is 2.99. The number of aromatic nitrogens is 3. The van der Waals surface area contributed by atoms with E-state index in [0.717, 1.165) is 12.8 Å². The summed E-state index contributed by atoms with van der Waals surface area (Å²) in [5, 5.41) is 17.3. The molecule has 8 heteroatoms. The molecular formula is C9H13N5O3. The van der Waals surface area contributed by atoms with Gasteiger partial charge in [-0.3, -0.25) is 14.7 Å². The molecule has 1 aromatic heterocycles. The van der Waals surface area contributed by atoms with Crippen molar-refractivity contribution in [3.8, 4) is 0 Å². The number of H-pyrrole nitrogens is 1. The van der Waals surface area contributed by atoms with Gasteiger partial charge in [-0.05, 0) is 18.8 Å². The maximum atomic E-state index is 11.7. The van der Waals surface area contributed by atoms with Crippen molar-refractivity contribution in [3.63, 3.8) is 0 Å². The van der Waals surface area contributed by atoms with Crippen molar-refractivity contribution in [2.24, 2.45) is 5.92 Å². The molecule has 92 valence electrons. The van der Waals surface area contributed by atoms with Gasteiger partial charge < -0.3 is 16.2 Å². The fourth-order valence-electron chi connectivity index (χ4n) is 1.64. The van der Waals surface area contributed by atoms with E-state index in [4.69, 9.17) is 10.8 Å². The summed E-state index contributed by atoms with van der Waals surface area (Å²) < 4.78 is 0. The Kier molecular flexibility index (Phi) is 2.94. The Hall–Kier alpha value is -2.12. The van der Waals surface area contributed by atoms with E-state index in [2.05, 4.69) is 20.5 Å². The highest BCUT2D eigenvalue weighted by molar-refractivity contribution is 5.91. The SMILES string of the molecule is Nc1n[nH]c(C(=O)NC(CC(=O)O)C2CC2)n1. The molecule has 1 aliphatic carbocycles. The molecule has 1 heterocycles. The molecule has 0 aromatic carbocycles. The average molecular weight is 239 g/mol. The Morgan fingerprint density at radius 3 is 2.76 bits per heavy atom. The second-order valence-electron chi connectivity index (χ2n) is 4.06. The monoisotopic (exact) mass is 239 g/mol. The molecule has 0 aliphatic heterocycles. The highest BCUT2D eigenvalue weighted by atomic mass is 16.4. The molecule has 1 aliphatic rings. The molecule has 17 heavy (non-hydrogen) atoms.